The van der Waals surface area contributed by atoms with Crippen molar-refractivity contribution in [3.05, 3.63) is 18.2 Å². The summed E-state index contributed by atoms with van der Waals surface area (Å²) >= 11 is 0. The fraction of sp³-hybridized carbons (Fsp3) is 0.556. The number of imidazole rings is 1. The van der Waals surface area contributed by atoms with E-state index in [1.165, 1.54) is 0 Å². The van der Waals surface area contributed by atoms with Crippen molar-refractivity contribution in [2.45, 2.75) is 26.8 Å². The Morgan fingerprint density at radius 1 is 1.69 bits per heavy atom. The lowest BCUT2D eigenvalue weighted by atomic mass is 10.2. The zero-order valence-electron chi connectivity index (χ0n) is 7.90. The van der Waals surface area contributed by atoms with Crippen LogP contribution in [0.15, 0.2) is 12.4 Å². The molecule has 0 spiro atoms. The van der Waals surface area contributed by atoms with Gasteiger partial charge in [-0.05, 0) is 5.92 Å². The molecule has 1 aromatic rings. The van der Waals surface area contributed by atoms with Crippen LogP contribution in [0, 0.1) is 5.92 Å². The number of aliphatic carboxylic acids is 1. The molecule has 0 saturated carbocycles. The van der Waals surface area contributed by atoms with E-state index in [2.05, 4.69) is 18.8 Å². The van der Waals surface area contributed by atoms with E-state index in [0.717, 1.165) is 6.54 Å². The number of rotatable bonds is 4. The van der Waals surface area contributed by atoms with Gasteiger partial charge in [-0.3, -0.25) is 4.79 Å². The van der Waals surface area contributed by atoms with Crippen LogP contribution in [0.3, 0.4) is 0 Å². The first kappa shape index (κ1) is 9.77. The summed E-state index contributed by atoms with van der Waals surface area (Å²) in [7, 11) is 0. The minimum absolute atomic E-state index is 0.000278. The number of carbonyl (C=O) groups is 1. The van der Waals surface area contributed by atoms with Crippen LogP contribution in [-0.2, 0) is 17.8 Å². The van der Waals surface area contributed by atoms with Crippen molar-refractivity contribution in [1.82, 2.24) is 9.55 Å². The van der Waals surface area contributed by atoms with Crippen LogP contribution in [0.5, 0.6) is 0 Å². The summed E-state index contributed by atoms with van der Waals surface area (Å²) in [5.41, 5.74) is 0. The van der Waals surface area contributed by atoms with Crippen LogP contribution in [0.25, 0.3) is 0 Å². The van der Waals surface area contributed by atoms with E-state index in [1.807, 2.05) is 10.8 Å². The summed E-state index contributed by atoms with van der Waals surface area (Å²) in [5, 5.41) is 8.59. The number of nitrogens with zero attached hydrogens (tertiary/aromatic N) is 2. The van der Waals surface area contributed by atoms with Gasteiger partial charge in [0.1, 0.15) is 12.2 Å². The second-order valence-corrected chi connectivity index (χ2v) is 3.46. The van der Waals surface area contributed by atoms with Crippen molar-refractivity contribution in [2.75, 3.05) is 0 Å². The monoisotopic (exact) mass is 182 g/mol. The molecule has 0 fully saturated rings. The number of hydrogen-bond donors (Lipinski definition) is 1. The number of carboxylic acids is 1. The maximum Gasteiger partial charge on any atom is 0.311 e. The topological polar surface area (TPSA) is 55.1 Å². The largest absolute Gasteiger partial charge is 0.481 e. The van der Waals surface area contributed by atoms with Crippen molar-refractivity contribution in [3.8, 4) is 0 Å². The van der Waals surface area contributed by atoms with Crippen LogP contribution in [0.1, 0.15) is 19.7 Å². The van der Waals surface area contributed by atoms with Crippen LogP contribution in [0.4, 0.5) is 0 Å². The summed E-state index contributed by atoms with van der Waals surface area (Å²) in [5.74, 6) is 0.291. The summed E-state index contributed by atoms with van der Waals surface area (Å²) in [6, 6.07) is 0. The second kappa shape index (κ2) is 4.07. The van der Waals surface area contributed by atoms with E-state index in [1.54, 1.807) is 6.20 Å². The molecule has 72 valence electrons. The first-order chi connectivity index (χ1) is 6.09. The fourth-order valence-corrected chi connectivity index (χ4v) is 1.20. The molecule has 0 amide bonds. The van der Waals surface area contributed by atoms with E-state index in [0.29, 0.717) is 11.7 Å². The third-order valence-electron chi connectivity index (χ3n) is 1.67. The zero-order valence-corrected chi connectivity index (χ0v) is 7.90. The summed E-state index contributed by atoms with van der Waals surface area (Å²) in [6.07, 6.45) is 3.46. The predicted octanol–water partition coefficient (Wildman–Crippen LogP) is 1.17. The second-order valence-electron chi connectivity index (χ2n) is 3.46. The number of carboxylic acid groups (broad SMARTS) is 1. The Kier molecular flexibility index (Phi) is 3.06. The van der Waals surface area contributed by atoms with Crippen molar-refractivity contribution < 1.29 is 9.90 Å². The van der Waals surface area contributed by atoms with E-state index < -0.39 is 5.97 Å². The van der Waals surface area contributed by atoms with Crippen LogP contribution in [0.2, 0.25) is 0 Å². The summed E-state index contributed by atoms with van der Waals surface area (Å²) in [6.45, 7) is 5.00. The molecule has 0 aliphatic rings. The highest BCUT2D eigenvalue weighted by Crippen LogP contribution is 2.04. The van der Waals surface area contributed by atoms with Crippen LogP contribution in [-0.4, -0.2) is 20.6 Å². The molecule has 1 aromatic heterocycles. The molecule has 0 aliphatic heterocycles. The highest BCUT2D eigenvalue weighted by atomic mass is 16.4. The van der Waals surface area contributed by atoms with E-state index in [4.69, 9.17) is 5.11 Å². The Morgan fingerprint density at radius 3 is 2.92 bits per heavy atom. The molecule has 1 N–H and O–H groups in total. The Balaban J connectivity index is 2.71. The highest BCUT2D eigenvalue weighted by molar-refractivity contribution is 5.69. The number of hydrogen-bond acceptors (Lipinski definition) is 2. The van der Waals surface area contributed by atoms with Gasteiger partial charge in [0, 0.05) is 18.9 Å². The molecule has 0 bridgehead atoms. The first-order valence-corrected chi connectivity index (χ1v) is 4.31. The zero-order chi connectivity index (χ0) is 9.84. The predicted molar refractivity (Wildman–Crippen MR) is 48.4 cm³/mol. The standard InChI is InChI=1S/C9H14N2O2/c1-7(2)6-11-4-3-10-8(11)5-9(12)13/h3-4,7H,5-6H2,1-2H3,(H,12,13). The third kappa shape index (κ3) is 2.89. The molecular formula is C9H14N2O2. The molecule has 0 atom stereocenters. The van der Waals surface area contributed by atoms with E-state index >= 15 is 0 Å². The minimum Gasteiger partial charge on any atom is -0.481 e. The fourth-order valence-electron chi connectivity index (χ4n) is 1.20. The van der Waals surface area contributed by atoms with Gasteiger partial charge < -0.3 is 9.67 Å². The average molecular weight is 182 g/mol. The minimum atomic E-state index is -0.837. The quantitative estimate of drug-likeness (QED) is 0.760. The normalized spacial score (nSPS) is 10.7. The van der Waals surface area contributed by atoms with E-state index in [9.17, 15) is 4.79 Å². The van der Waals surface area contributed by atoms with Gasteiger partial charge in [-0.25, -0.2) is 4.98 Å². The summed E-state index contributed by atoms with van der Waals surface area (Å²) in [4.78, 5) is 14.4. The molecule has 1 heterocycles. The number of aromatic nitrogens is 2. The van der Waals surface area contributed by atoms with Gasteiger partial charge in [0.2, 0.25) is 0 Å². The molecule has 0 aromatic carbocycles. The lowest BCUT2D eigenvalue weighted by Crippen LogP contribution is -2.11. The Morgan fingerprint density at radius 2 is 2.38 bits per heavy atom. The smallest absolute Gasteiger partial charge is 0.311 e. The first-order valence-electron chi connectivity index (χ1n) is 4.31. The molecule has 0 unspecified atom stereocenters. The lowest BCUT2D eigenvalue weighted by molar-refractivity contribution is -0.136. The van der Waals surface area contributed by atoms with Crippen LogP contribution < -0.4 is 0 Å². The molecule has 0 aliphatic carbocycles. The van der Waals surface area contributed by atoms with Gasteiger partial charge in [0.25, 0.3) is 0 Å². The van der Waals surface area contributed by atoms with Crippen molar-refractivity contribution >= 4 is 5.97 Å². The Labute approximate surface area is 77.2 Å². The van der Waals surface area contributed by atoms with Crippen LogP contribution >= 0.6 is 0 Å². The average Bonchev–Trinajstić information content (AvgIpc) is 2.34. The highest BCUT2D eigenvalue weighted by Gasteiger charge is 2.07. The van der Waals surface area contributed by atoms with Gasteiger partial charge in [-0.1, -0.05) is 13.8 Å². The van der Waals surface area contributed by atoms with Gasteiger partial charge in [0.05, 0.1) is 0 Å². The van der Waals surface area contributed by atoms with Crippen molar-refractivity contribution in [1.29, 1.82) is 0 Å². The maximum absolute atomic E-state index is 10.5. The molecular weight excluding hydrogens is 168 g/mol. The van der Waals surface area contributed by atoms with Gasteiger partial charge in [0.15, 0.2) is 0 Å². The van der Waals surface area contributed by atoms with Crippen molar-refractivity contribution in [2.24, 2.45) is 5.92 Å². The molecule has 13 heavy (non-hydrogen) atoms. The molecule has 0 saturated heterocycles. The van der Waals surface area contributed by atoms with Gasteiger partial charge >= 0.3 is 5.97 Å². The Hall–Kier alpha value is -1.32. The Bertz CT molecular complexity index is 292. The van der Waals surface area contributed by atoms with Crippen molar-refractivity contribution in [3.63, 3.8) is 0 Å². The summed E-state index contributed by atoms with van der Waals surface area (Å²) < 4.78 is 1.89. The molecule has 1 rings (SSSR count). The third-order valence-corrected chi connectivity index (χ3v) is 1.67. The lowest BCUT2D eigenvalue weighted by Gasteiger charge is -2.08. The molecule has 4 nitrogen and oxygen atoms in total. The van der Waals surface area contributed by atoms with E-state index in [-0.39, 0.29) is 6.42 Å². The molecule has 4 heteroatoms. The maximum atomic E-state index is 10.5. The molecule has 0 radical (unpaired) electrons. The SMILES string of the molecule is CC(C)Cn1ccnc1CC(=O)O. The van der Waals surface area contributed by atoms with Gasteiger partial charge in [-0.2, -0.15) is 0 Å². The van der Waals surface area contributed by atoms with Gasteiger partial charge in [-0.15, -0.1) is 0 Å².